The third kappa shape index (κ3) is 6.64. The van der Waals surface area contributed by atoms with Gasteiger partial charge < -0.3 is 16.0 Å². The molecule has 4 aromatic rings. The largest absolute Gasteiger partial charge is 0.378 e. The van der Waals surface area contributed by atoms with Crippen molar-refractivity contribution in [3.8, 4) is 0 Å². The van der Waals surface area contributed by atoms with E-state index in [2.05, 4.69) is 29.8 Å². The zero-order valence-corrected chi connectivity index (χ0v) is 21.5. The van der Waals surface area contributed by atoms with E-state index in [0.717, 1.165) is 34.6 Å². The molecule has 0 bridgehead atoms. The van der Waals surface area contributed by atoms with Crippen LogP contribution in [0.2, 0.25) is 0 Å². The first-order valence-electron chi connectivity index (χ1n) is 12.6. The standard InChI is InChI=1S/C32H33N3O2/c1-4-22(2)30(24-15-17-26(18-16-24)32(37)33-27-13-9-6-10-14-27)35-29-20-19-28(21-23(29)3)34-31(36)25-11-7-5-8-12-25/h5-22,30,35H,4H2,1-3H3,(H,33,37)(H,34,36). The highest BCUT2D eigenvalue weighted by molar-refractivity contribution is 6.05. The topological polar surface area (TPSA) is 70.2 Å². The molecule has 0 heterocycles. The molecule has 5 nitrogen and oxygen atoms in total. The molecule has 0 aliphatic carbocycles. The summed E-state index contributed by atoms with van der Waals surface area (Å²) in [5.41, 5.74) is 5.93. The lowest BCUT2D eigenvalue weighted by atomic mass is 9.91. The number of amides is 2. The van der Waals surface area contributed by atoms with Crippen LogP contribution in [-0.2, 0) is 0 Å². The summed E-state index contributed by atoms with van der Waals surface area (Å²) in [6, 6.07) is 32.4. The number of benzene rings is 4. The summed E-state index contributed by atoms with van der Waals surface area (Å²) in [5, 5.41) is 9.61. The van der Waals surface area contributed by atoms with E-state index in [-0.39, 0.29) is 17.9 Å². The van der Waals surface area contributed by atoms with Crippen molar-refractivity contribution in [3.05, 3.63) is 125 Å². The van der Waals surface area contributed by atoms with Crippen LogP contribution in [0.15, 0.2) is 103 Å². The minimum absolute atomic E-state index is 0.0692. The lowest BCUT2D eigenvalue weighted by Gasteiger charge is -2.27. The van der Waals surface area contributed by atoms with Crippen molar-refractivity contribution in [2.24, 2.45) is 5.92 Å². The number of nitrogens with one attached hydrogen (secondary N) is 3. The number of carbonyl (C=O) groups is 2. The van der Waals surface area contributed by atoms with Gasteiger partial charge in [0.15, 0.2) is 0 Å². The Kier molecular flexibility index (Phi) is 8.37. The zero-order valence-electron chi connectivity index (χ0n) is 21.5. The minimum atomic E-state index is -0.130. The van der Waals surface area contributed by atoms with Gasteiger partial charge in [-0.15, -0.1) is 0 Å². The maximum Gasteiger partial charge on any atom is 0.255 e. The summed E-state index contributed by atoms with van der Waals surface area (Å²) in [5.74, 6) is 0.102. The molecule has 2 unspecified atom stereocenters. The highest BCUT2D eigenvalue weighted by Crippen LogP contribution is 2.31. The SMILES string of the molecule is CCC(C)C(Nc1ccc(NC(=O)c2ccccc2)cc1C)c1ccc(C(=O)Nc2ccccc2)cc1. The summed E-state index contributed by atoms with van der Waals surface area (Å²) in [7, 11) is 0. The third-order valence-corrected chi connectivity index (χ3v) is 6.61. The second-order valence-corrected chi connectivity index (χ2v) is 9.30. The van der Waals surface area contributed by atoms with Crippen molar-refractivity contribution < 1.29 is 9.59 Å². The number of rotatable bonds is 9. The fraction of sp³-hybridized carbons (Fsp3) is 0.188. The van der Waals surface area contributed by atoms with Gasteiger partial charge in [0.2, 0.25) is 0 Å². The van der Waals surface area contributed by atoms with E-state index in [1.807, 2.05) is 97.9 Å². The van der Waals surface area contributed by atoms with Crippen LogP contribution in [0.5, 0.6) is 0 Å². The number of para-hydroxylation sites is 1. The predicted octanol–water partition coefficient (Wildman–Crippen LogP) is 7.70. The van der Waals surface area contributed by atoms with Crippen LogP contribution >= 0.6 is 0 Å². The first-order chi connectivity index (χ1) is 17.9. The van der Waals surface area contributed by atoms with Gasteiger partial charge in [-0.1, -0.05) is 68.8 Å². The average molecular weight is 492 g/mol. The summed E-state index contributed by atoms with van der Waals surface area (Å²) in [4.78, 5) is 25.2. The number of carbonyl (C=O) groups excluding carboxylic acids is 2. The van der Waals surface area contributed by atoms with Crippen molar-refractivity contribution in [3.63, 3.8) is 0 Å². The maximum atomic E-state index is 12.7. The molecule has 5 heteroatoms. The fourth-order valence-electron chi connectivity index (χ4n) is 4.22. The van der Waals surface area contributed by atoms with Gasteiger partial charge in [-0.05, 0) is 78.6 Å². The Morgan fingerprint density at radius 3 is 1.86 bits per heavy atom. The van der Waals surface area contributed by atoms with E-state index in [9.17, 15) is 9.59 Å². The molecule has 0 spiro atoms. The molecule has 0 radical (unpaired) electrons. The smallest absolute Gasteiger partial charge is 0.255 e. The Morgan fingerprint density at radius 1 is 0.703 bits per heavy atom. The molecule has 188 valence electrons. The van der Waals surface area contributed by atoms with E-state index >= 15 is 0 Å². The summed E-state index contributed by atoms with van der Waals surface area (Å²) >= 11 is 0. The van der Waals surface area contributed by atoms with Crippen LogP contribution in [-0.4, -0.2) is 11.8 Å². The van der Waals surface area contributed by atoms with Gasteiger partial charge in [-0.25, -0.2) is 0 Å². The van der Waals surface area contributed by atoms with Crippen molar-refractivity contribution in [1.82, 2.24) is 0 Å². The van der Waals surface area contributed by atoms with E-state index in [4.69, 9.17) is 0 Å². The summed E-state index contributed by atoms with van der Waals surface area (Å²) < 4.78 is 0. The molecular weight excluding hydrogens is 458 g/mol. The van der Waals surface area contributed by atoms with Gasteiger partial charge in [-0.2, -0.15) is 0 Å². The number of hydrogen-bond donors (Lipinski definition) is 3. The van der Waals surface area contributed by atoms with Gasteiger partial charge in [0.1, 0.15) is 0 Å². The van der Waals surface area contributed by atoms with Crippen LogP contribution in [0.1, 0.15) is 58.2 Å². The third-order valence-electron chi connectivity index (χ3n) is 6.61. The first kappa shape index (κ1) is 25.7. The van der Waals surface area contributed by atoms with Gasteiger partial charge in [0.25, 0.3) is 11.8 Å². The Hall–Kier alpha value is -4.38. The molecule has 0 saturated carbocycles. The van der Waals surface area contributed by atoms with Crippen LogP contribution < -0.4 is 16.0 Å². The molecule has 0 saturated heterocycles. The molecule has 0 fully saturated rings. The highest BCUT2D eigenvalue weighted by atomic mass is 16.2. The van der Waals surface area contributed by atoms with E-state index < -0.39 is 0 Å². The van der Waals surface area contributed by atoms with Crippen LogP contribution in [0.3, 0.4) is 0 Å². The Balaban J connectivity index is 1.47. The van der Waals surface area contributed by atoms with Gasteiger partial charge in [0.05, 0.1) is 6.04 Å². The lowest BCUT2D eigenvalue weighted by Crippen LogP contribution is -2.19. The van der Waals surface area contributed by atoms with Gasteiger partial charge >= 0.3 is 0 Å². The molecule has 0 aliphatic heterocycles. The quantitative estimate of drug-likeness (QED) is 0.225. The molecule has 37 heavy (non-hydrogen) atoms. The number of anilines is 3. The average Bonchev–Trinajstić information content (AvgIpc) is 2.93. The van der Waals surface area contributed by atoms with Gasteiger partial charge in [-0.3, -0.25) is 9.59 Å². The van der Waals surface area contributed by atoms with Crippen LogP contribution in [0.4, 0.5) is 17.1 Å². The molecule has 2 amide bonds. The van der Waals surface area contributed by atoms with Crippen molar-refractivity contribution in [1.29, 1.82) is 0 Å². The first-order valence-corrected chi connectivity index (χ1v) is 12.6. The fourth-order valence-corrected chi connectivity index (χ4v) is 4.22. The lowest BCUT2D eigenvalue weighted by molar-refractivity contribution is 0.101. The Morgan fingerprint density at radius 2 is 1.27 bits per heavy atom. The molecule has 0 aromatic heterocycles. The molecule has 2 atom stereocenters. The van der Waals surface area contributed by atoms with Gasteiger partial charge in [0, 0.05) is 28.2 Å². The zero-order chi connectivity index (χ0) is 26.2. The minimum Gasteiger partial charge on any atom is -0.378 e. The number of aryl methyl sites for hydroxylation is 1. The van der Waals surface area contributed by atoms with Crippen LogP contribution in [0.25, 0.3) is 0 Å². The highest BCUT2D eigenvalue weighted by Gasteiger charge is 2.20. The second-order valence-electron chi connectivity index (χ2n) is 9.30. The molecular formula is C32H33N3O2. The Bertz CT molecular complexity index is 1340. The van der Waals surface area contributed by atoms with Crippen molar-refractivity contribution in [2.75, 3.05) is 16.0 Å². The molecule has 0 aliphatic rings. The molecule has 4 rings (SSSR count). The maximum absolute atomic E-state index is 12.7. The summed E-state index contributed by atoms with van der Waals surface area (Å²) in [6.07, 6.45) is 0.998. The van der Waals surface area contributed by atoms with Crippen molar-refractivity contribution in [2.45, 2.75) is 33.2 Å². The summed E-state index contributed by atoms with van der Waals surface area (Å²) in [6.45, 7) is 6.43. The molecule has 4 aromatic carbocycles. The normalized spacial score (nSPS) is 12.3. The predicted molar refractivity (Wildman–Crippen MR) is 152 cm³/mol. The second kappa shape index (κ2) is 12.0. The van der Waals surface area contributed by atoms with E-state index in [0.29, 0.717) is 17.0 Å². The molecule has 3 N–H and O–H groups in total. The van der Waals surface area contributed by atoms with Crippen LogP contribution in [0, 0.1) is 12.8 Å². The Labute approximate surface area is 218 Å². The monoisotopic (exact) mass is 491 g/mol. The number of hydrogen-bond acceptors (Lipinski definition) is 3. The van der Waals surface area contributed by atoms with Crippen molar-refractivity contribution >= 4 is 28.9 Å². The van der Waals surface area contributed by atoms with E-state index in [1.165, 1.54) is 0 Å². The van der Waals surface area contributed by atoms with E-state index in [1.54, 1.807) is 12.1 Å².